The molecular formula is C15H21F2NO. The summed E-state index contributed by atoms with van der Waals surface area (Å²) < 4.78 is 27.4. The summed E-state index contributed by atoms with van der Waals surface area (Å²) in [5, 5.41) is 10.3. The zero-order chi connectivity index (χ0) is 14.0. The van der Waals surface area contributed by atoms with E-state index in [-0.39, 0.29) is 17.0 Å². The summed E-state index contributed by atoms with van der Waals surface area (Å²) in [4.78, 5) is 0. The summed E-state index contributed by atoms with van der Waals surface area (Å²) in [6.45, 7) is 1.51. The Morgan fingerprint density at radius 2 is 1.79 bits per heavy atom. The number of hydrogen-bond donors (Lipinski definition) is 2. The van der Waals surface area contributed by atoms with E-state index in [1.165, 1.54) is 25.5 Å². The molecule has 0 amide bonds. The van der Waals surface area contributed by atoms with E-state index in [1.807, 2.05) is 0 Å². The Labute approximate surface area is 112 Å². The number of benzene rings is 1. The maximum atomic E-state index is 13.9. The van der Waals surface area contributed by atoms with Gasteiger partial charge in [0.05, 0.1) is 12.1 Å². The van der Waals surface area contributed by atoms with E-state index in [9.17, 15) is 13.9 Å². The van der Waals surface area contributed by atoms with Crippen LogP contribution in [0.5, 0.6) is 0 Å². The van der Waals surface area contributed by atoms with Crippen LogP contribution in [0.25, 0.3) is 0 Å². The molecule has 1 aromatic rings. The molecule has 1 aliphatic rings. The summed E-state index contributed by atoms with van der Waals surface area (Å²) in [6, 6.07) is 2.12. The van der Waals surface area contributed by atoms with Crippen molar-refractivity contribution >= 4 is 0 Å². The molecule has 0 unspecified atom stereocenters. The fourth-order valence-electron chi connectivity index (χ4n) is 2.87. The maximum Gasteiger partial charge on any atom is 0.163 e. The average molecular weight is 269 g/mol. The predicted molar refractivity (Wildman–Crippen MR) is 70.6 cm³/mol. The number of aliphatic hydroxyl groups is 1. The van der Waals surface area contributed by atoms with Gasteiger partial charge < -0.3 is 10.8 Å². The molecule has 3 N–H and O–H groups in total. The van der Waals surface area contributed by atoms with Gasteiger partial charge in [-0.1, -0.05) is 31.4 Å². The molecule has 4 heteroatoms. The van der Waals surface area contributed by atoms with Gasteiger partial charge in [0.25, 0.3) is 0 Å². The standard InChI is InChI=1S/C15H21F2NO/c1-9-7-8-11(13(17)12(9)16)14(18)15(19)10-5-3-2-4-6-10/h7-8,10,14-15,19H,2-6,18H2,1H3/t14-,15+/m0/s1. The van der Waals surface area contributed by atoms with E-state index in [0.29, 0.717) is 0 Å². The normalized spacial score (nSPS) is 20.3. The molecule has 0 heterocycles. The molecule has 1 fully saturated rings. The van der Waals surface area contributed by atoms with E-state index in [1.54, 1.807) is 0 Å². The number of halogens is 2. The maximum absolute atomic E-state index is 13.9. The first-order chi connectivity index (χ1) is 9.02. The zero-order valence-corrected chi connectivity index (χ0v) is 11.2. The molecule has 1 saturated carbocycles. The minimum atomic E-state index is -0.928. The lowest BCUT2D eigenvalue weighted by molar-refractivity contribution is 0.0606. The molecule has 2 atom stereocenters. The van der Waals surface area contributed by atoms with Crippen LogP contribution in [0.3, 0.4) is 0 Å². The lowest BCUT2D eigenvalue weighted by Gasteiger charge is -2.30. The molecule has 106 valence electrons. The van der Waals surface area contributed by atoms with Crippen LogP contribution in [-0.4, -0.2) is 11.2 Å². The third kappa shape index (κ3) is 2.95. The highest BCUT2D eigenvalue weighted by molar-refractivity contribution is 5.28. The highest BCUT2D eigenvalue weighted by Crippen LogP contribution is 2.32. The highest BCUT2D eigenvalue weighted by Gasteiger charge is 2.30. The number of aryl methyl sites for hydroxylation is 1. The van der Waals surface area contributed by atoms with Crippen LogP contribution in [0.2, 0.25) is 0 Å². The molecule has 1 aromatic carbocycles. The second-order valence-electron chi connectivity index (χ2n) is 5.51. The topological polar surface area (TPSA) is 46.2 Å². The molecule has 0 aromatic heterocycles. The van der Waals surface area contributed by atoms with Gasteiger partial charge in [-0.05, 0) is 31.2 Å². The quantitative estimate of drug-likeness (QED) is 0.885. The Morgan fingerprint density at radius 3 is 2.42 bits per heavy atom. The first-order valence-electron chi connectivity index (χ1n) is 6.90. The third-order valence-electron chi connectivity index (χ3n) is 4.17. The van der Waals surface area contributed by atoms with Crippen molar-refractivity contribution in [3.63, 3.8) is 0 Å². The van der Waals surface area contributed by atoms with Crippen molar-refractivity contribution in [2.24, 2.45) is 11.7 Å². The van der Waals surface area contributed by atoms with Crippen molar-refractivity contribution in [2.75, 3.05) is 0 Å². The number of nitrogens with two attached hydrogens (primary N) is 1. The van der Waals surface area contributed by atoms with Crippen molar-refractivity contribution < 1.29 is 13.9 Å². The van der Waals surface area contributed by atoms with Gasteiger partial charge in [0.1, 0.15) is 0 Å². The van der Waals surface area contributed by atoms with E-state index < -0.39 is 23.8 Å². The fourth-order valence-corrected chi connectivity index (χ4v) is 2.87. The number of aliphatic hydroxyl groups excluding tert-OH is 1. The minimum Gasteiger partial charge on any atom is -0.391 e. The smallest absolute Gasteiger partial charge is 0.163 e. The van der Waals surface area contributed by atoms with Gasteiger partial charge in [-0.25, -0.2) is 8.78 Å². The van der Waals surface area contributed by atoms with Gasteiger partial charge >= 0.3 is 0 Å². The van der Waals surface area contributed by atoms with E-state index in [2.05, 4.69) is 0 Å². The van der Waals surface area contributed by atoms with Gasteiger partial charge in [-0.2, -0.15) is 0 Å². The first-order valence-corrected chi connectivity index (χ1v) is 6.90. The molecule has 0 aliphatic heterocycles. The summed E-state index contributed by atoms with van der Waals surface area (Å²) in [6.07, 6.45) is 4.32. The lowest BCUT2D eigenvalue weighted by atomic mass is 9.81. The molecule has 2 nitrogen and oxygen atoms in total. The van der Waals surface area contributed by atoms with Crippen LogP contribution in [0.4, 0.5) is 8.78 Å². The molecule has 0 bridgehead atoms. The summed E-state index contributed by atoms with van der Waals surface area (Å²) in [5.74, 6) is -1.71. The van der Waals surface area contributed by atoms with Crippen LogP contribution in [0, 0.1) is 24.5 Å². The van der Waals surface area contributed by atoms with Crippen molar-refractivity contribution in [1.82, 2.24) is 0 Å². The van der Waals surface area contributed by atoms with Gasteiger partial charge in [0.2, 0.25) is 0 Å². The Bertz CT molecular complexity index is 444. The van der Waals surface area contributed by atoms with Crippen molar-refractivity contribution in [1.29, 1.82) is 0 Å². The molecule has 0 saturated heterocycles. The number of hydrogen-bond acceptors (Lipinski definition) is 2. The van der Waals surface area contributed by atoms with Crippen LogP contribution < -0.4 is 5.73 Å². The largest absolute Gasteiger partial charge is 0.391 e. The van der Waals surface area contributed by atoms with E-state index in [0.717, 1.165) is 25.7 Å². The van der Waals surface area contributed by atoms with E-state index >= 15 is 0 Å². The van der Waals surface area contributed by atoms with Crippen molar-refractivity contribution in [2.45, 2.75) is 51.2 Å². The minimum absolute atomic E-state index is 0.0705. The van der Waals surface area contributed by atoms with Gasteiger partial charge in [-0.15, -0.1) is 0 Å². The highest BCUT2D eigenvalue weighted by atomic mass is 19.2. The predicted octanol–water partition coefficient (Wildman–Crippen LogP) is 3.21. The van der Waals surface area contributed by atoms with Crippen LogP contribution >= 0.6 is 0 Å². The Kier molecular flexibility index (Phi) is 4.53. The summed E-state index contributed by atoms with van der Waals surface area (Å²) in [7, 11) is 0. The van der Waals surface area contributed by atoms with Crippen LogP contribution in [0.1, 0.15) is 49.3 Å². The average Bonchev–Trinajstić information content (AvgIpc) is 2.44. The molecular weight excluding hydrogens is 248 g/mol. The fraction of sp³-hybridized carbons (Fsp3) is 0.600. The Hall–Kier alpha value is -1.00. The van der Waals surface area contributed by atoms with Crippen LogP contribution in [-0.2, 0) is 0 Å². The SMILES string of the molecule is Cc1ccc([C@H](N)[C@H](O)C2CCCCC2)c(F)c1F. The second-order valence-corrected chi connectivity index (χ2v) is 5.51. The Balaban J connectivity index is 2.18. The first kappa shape index (κ1) is 14.4. The Morgan fingerprint density at radius 1 is 1.16 bits per heavy atom. The molecule has 1 aliphatic carbocycles. The van der Waals surface area contributed by atoms with Gasteiger partial charge in [0, 0.05) is 5.56 Å². The zero-order valence-electron chi connectivity index (χ0n) is 11.2. The van der Waals surface area contributed by atoms with Gasteiger partial charge in [0.15, 0.2) is 11.6 Å². The molecule has 0 spiro atoms. The molecule has 0 radical (unpaired) electrons. The summed E-state index contributed by atoms with van der Waals surface area (Å²) >= 11 is 0. The second kappa shape index (κ2) is 5.97. The number of rotatable bonds is 3. The van der Waals surface area contributed by atoms with E-state index in [4.69, 9.17) is 5.73 Å². The third-order valence-corrected chi connectivity index (χ3v) is 4.17. The van der Waals surface area contributed by atoms with Crippen molar-refractivity contribution in [3.8, 4) is 0 Å². The molecule has 19 heavy (non-hydrogen) atoms. The molecule has 2 rings (SSSR count). The van der Waals surface area contributed by atoms with Gasteiger partial charge in [-0.3, -0.25) is 0 Å². The van der Waals surface area contributed by atoms with Crippen molar-refractivity contribution in [3.05, 3.63) is 34.9 Å². The lowest BCUT2D eigenvalue weighted by Crippen LogP contribution is -2.35. The summed E-state index contributed by atoms with van der Waals surface area (Å²) in [5.41, 5.74) is 6.25. The monoisotopic (exact) mass is 269 g/mol. The van der Waals surface area contributed by atoms with Crippen LogP contribution in [0.15, 0.2) is 12.1 Å².